The number of nitrogens with two attached hydrogens (primary N) is 1. The topological polar surface area (TPSA) is 127 Å². The standard InChI is InChI=1S/C17H25N11/c1-11-15(16(18)28(26-11)14-5-3-4-6-22-14)24-25-17-13(19-2)9-23-27(17)12-7-20-10-21-8-12/h9,12,14,20-22H,3-8,10,18H2,1H3. The van der Waals surface area contributed by atoms with Gasteiger partial charge in [0.05, 0.1) is 24.5 Å². The minimum Gasteiger partial charge on any atom is -0.382 e. The number of aryl methyl sites for hydroxylation is 1. The molecule has 2 fully saturated rings. The predicted molar refractivity (Wildman–Crippen MR) is 105 cm³/mol. The van der Waals surface area contributed by atoms with Crippen molar-refractivity contribution in [2.45, 2.75) is 38.4 Å². The SMILES string of the molecule is [C-]#[N+]c1cnn(C2CNCNC2)c1N=Nc1c(C)nn(C2CCCCN2)c1N. The van der Waals surface area contributed by atoms with Crippen molar-refractivity contribution in [2.75, 3.05) is 32.0 Å². The Labute approximate surface area is 163 Å². The molecule has 11 nitrogen and oxygen atoms in total. The van der Waals surface area contributed by atoms with Gasteiger partial charge in [0.2, 0.25) is 0 Å². The van der Waals surface area contributed by atoms with Gasteiger partial charge in [0.1, 0.15) is 6.17 Å². The van der Waals surface area contributed by atoms with Crippen LogP contribution in [0.1, 0.15) is 37.2 Å². The summed E-state index contributed by atoms with van der Waals surface area (Å²) < 4.78 is 3.54. The maximum Gasteiger partial charge on any atom is 0.251 e. The van der Waals surface area contributed by atoms with Crippen LogP contribution in [0.4, 0.5) is 23.0 Å². The summed E-state index contributed by atoms with van der Waals surface area (Å²) in [6, 6.07) is 0.0609. The molecular formula is C17H25N11. The van der Waals surface area contributed by atoms with E-state index in [2.05, 4.69) is 41.2 Å². The largest absolute Gasteiger partial charge is 0.382 e. The minimum absolute atomic E-state index is 0.0609. The first kappa shape index (κ1) is 18.5. The summed E-state index contributed by atoms with van der Waals surface area (Å²) >= 11 is 0. The highest BCUT2D eigenvalue weighted by Gasteiger charge is 2.23. The number of nitrogens with zero attached hydrogens (tertiary/aromatic N) is 7. The molecule has 2 aromatic rings. The fourth-order valence-electron chi connectivity index (χ4n) is 3.66. The van der Waals surface area contributed by atoms with Crippen molar-refractivity contribution < 1.29 is 0 Å². The first-order chi connectivity index (χ1) is 13.7. The van der Waals surface area contributed by atoms with E-state index in [1.165, 1.54) is 6.20 Å². The van der Waals surface area contributed by atoms with Gasteiger partial charge in [-0.2, -0.15) is 10.2 Å². The van der Waals surface area contributed by atoms with Crippen LogP contribution >= 0.6 is 0 Å². The molecule has 0 aromatic carbocycles. The number of piperidine rings is 1. The molecule has 2 aromatic heterocycles. The van der Waals surface area contributed by atoms with E-state index in [9.17, 15) is 0 Å². The van der Waals surface area contributed by atoms with Crippen LogP contribution in [0.15, 0.2) is 16.4 Å². The Morgan fingerprint density at radius 2 is 2.07 bits per heavy atom. The van der Waals surface area contributed by atoms with Gasteiger partial charge in [0, 0.05) is 19.8 Å². The number of nitrogens with one attached hydrogen (secondary N) is 3. The highest BCUT2D eigenvalue weighted by molar-refractivity contribution is 5.64. The zero-order valence-corrected chi connectivity index (χ0v) is 15.9. The second-order valence-electron chi connectivity index (χ2n) is 7.08. The molecule has 0 spiro atoms. The van der Waals surface area contributed by atoms with Crippen LogP contribution in [-0.4, -0.2) is 45.9 Å². The second kappa shape index (κ2) is 8.05. The second-order valence-corrected chi connectivity index (χ2v) is 7.08. The molecule has 2 aliphatic heterocycles. The van der Waals surface area contributed by atoms with E-state index in [4.69, 9.17) is 12.3 Å². The maximum atomic E-state index is 7.41. The average Bonchev–Trinajstić information content (AvgIpc) is 3.28. The van der Waals surface area contributed by atoms with Crippen molar-refractivity contribution in [1.29, 1.82) is 0 Å². The van der Waals surface area contributed by atoms with Gasteiger partial charge in [-0.15, -0.1) is 10.2 Å². The molecule has 0 saturated carbocycles. The monoisotopic (exact) mass is 383 g/mol. The fourth-order valence-corrected chi connectivity index (χ4v) is 3.66. The number of hydrogen-bond donors (Lipinski definition) is 4. The van der Waals surface area contributed by atoms with Gasteiger partial charge in [-0.3, -0.25) is 10.00 Å². The lowest BCUT2D eigenvalue weighted by molar-refractivity contribution is 0.301. The molecule has 28 heavy (non-hydrogen) atoms. The van der Waals surface area contributed by atoms with Crippen molar-refractivity contribution >= 4 is 23.0 Å². The van der Waals surface area contributed by atoms with Gasteiger partial charge in [-0.1, -0.05) is 0 Å². The Bertz CT molecular complexity index is 891. The summed E-state index contributed by atoms with van der Waals surface area (Å²) in [6.45, 7) is 12.5. The number of azo groups is 1. The number of anilines is 1. The first-order valence-corrected chi connectivity index (χ1v) is 9.55. The van der Waals surface area contributed by atoms with E-state index in [0.717, 1.165) is 45.6 Å². The van der Waals surface area contributed by atoms with Crippen LogP contribution in [-0.2, 0) is 0 Å². The Balaban J connectivity index is 1.63. The van der Waals surface area contributed by atoms with E-state index in [0.29, 0.717) is 28.7 Å². The highest BCUT2D eigenvalue weighted by atomic mass is 15.4. The number of aromatic nitrogens is 4. The van der Waals surface area contributed by atoms with Crippen molar-refractivity contribution in [3.8, 4) is 0 Å². The Kier molecular flexibility index (Phi) is 5.34. The molecule has 0 aliphatic carbocycles. The van der Waals surface area contributed by atoms with Gasteiger partial charge in [0.15, 0.2) is 17.3 Å². The zero-order chi connectivity index (χ0) is 19.5. The fraction of sp³-hybridized carbons (Fsp3) is 0.588. The molecule has 148 valence electrons. The lowest BCUT2D eigenvalue weighted by atomic mass is 10.1. The molecule has 1 atom stereocenters. The average molecular weight is 383 g/mol. The lowest BCUT2D eigenvalue weighted by Gasteiger charge is -2.25. The quantitative estimate of drug-likeness (QED) is 0.472. The van der Waals surface area contributed by atoms with Crippen molar-refractivity contribution in [3.05, 3.63) is 23.3 Å². The van der Waals surface area contributed by atoms with Crippen molar-refractivity contribution in [1.82, 2.24) is 35.5 Å². The molecule has 11 heteroatoms. The Morgan fingerprint density at radius 1 is 1.25 bits per heavy atom. The summed E-state index contributed by atoms with van der Waals surface area (Å²) in [4.78, 5) is 3.53. The van der Waals surface area contributed by atoms with Crippen molar-refractivity contribution in [2.24, 2.45) is 10.2 Å². The molecule has 5 N–H and O–H groups in total. The summed E-state index contributed by atoms with van der Waals surface area (Å²) in [6.07, 6.45) is 4.90. The summed E-state index contributed by atoms with van der Waals surface area (Å²) in [7, 11) is 0. The van der Waals surface area contributed by atoms with Crippen LogP contribution in [0.2, 0.25) is 0 Å². The number of nitrogen functional groups attached to an aromatic ring is 1. The molecule has 1 unspecified atom stereocenters. The Morgan fingerprint density at radius 3 is 2.79 bits per heavy atom. The van der Waals surface area contributed by atoms with Gasteiger partial charge in [-0.25, -0.2) is 9.53 Å². The summed E-state index contributed by atoms with van der Waals surface area (Å²) in [5.74, 6) is 0.921. The van der Waals surface area contributed by atoms with Gasteiger partial charge < -0.3 is 16.4 Å². The number of hydrogen-bond acceptors (Lipinski definition) is 8. The van der Waals surface area contributed by atoms with E-state index in [1.807, 2.05) is 6.92 Å². The summed E-state index contributed by atoms with van der Waals surface area (Å²) in [5, 5.41) is 27.6. The molecule has 2 saturated heterocycles. The van der Waals surface area contributed by atoms with Crippen LogP contribution in [0.3, 0.4) is 0 Å². The predicted octanol–water partition coefficient (Wildman–Crippen LogP) is 1.90. The zero-order valence-electron chi connectivity index (χ0n) is 15.9. The minimum atomic E-state index is 0.0609. The van der Waals surface area contributed by atoms with Crippen molar-refractivity contribution in [3.63, 3.8) is 0 Å². The van der Waals surface area contributed by atoms with Gasteiger partial charge in [-0.05, 0) is 32.7 Å². The van der Waals surface area contributed by atoms with E-state index in [1.54, 1.807) is 9.36 Å². The first-order valence-electron chi connectivity index (χ1n) is 9.55. The molecule has 0 bridgehead atoms. The maximum absolute atomic E-state index is 7.41. The van der Waals surface area contributed by atoms with E-state index < -0.39 is 0 Å². The molecule has 4 rings (SSSR count). The van der Waals surface area contributed by atoms with E-state index >= 15 is 0 Å². The molecule has 0 radical (unpaired) electrons. The third-order valence-corrected chi connectivity index (χ3v) is 5.14. The summed E-state index contributed by atoms with van der Waals surface area (Å²) in [5.41, 5.74) is 7.95. The third kappa shape index (κ3) is 3.49. The van der Waals surface area contributed by atoms with Gasteiger partial charge >= 0.3 is 0 Å². The van der Waals surface area contributed by atoms with Crippen LogP contribution in [0.5, 0.6) is 0 Å². The lowest BCUT2D eigenvalue weighted by Crippen LogP contribution is -2.44. The van der Waals surface area contributed by atoms with Crippen LogP contribution in [0, 0.1) is 13.5 Å². The molecule has 4 heterocycles. The number of rotatable bonds is 4. The molecular weight excluding hydrogens is 358 g/mol. The third-order valence-electron chi connectivity index (χ3n) is 5.14. The normalized spacial score (nSPS) is 21.2. The highest BCUT2D eigenvalue weighted by Crippen LogP contribution is 2.35. The van der Waals surface area contributed by atoms with Crippen LogP contribution in [0.25, 0.3) is 4.85 Å². The van der Waals surface area contributed by atoms with Gasteiger partial charge in [0.25, 0.3) is 5.69 Å². The smallest absolute Gasteiger partial charge is 0.251 e. The molecule has 0 amide bonds. The van der Waals surface area contributed by atoms with E-state index in [-0.39, 0.29) is 12.2 Å². The van der Waals surface area contributed by atoms with Crippen LogP contribution < -0.4 is 21.7 Å². The molecule has 2 aliphatic rings. The Hall–Kier alpha value is -2.81.